The van der Waals surface area contributed by atoms with Crippen molar-refractivity contribution in [3.05, 3.63) is 0 Å². The minimum Gasteiger partial charge on any atom is -0.428 e. The van der Waals surface area contributed by atoms with Crippen LogP contribution in [0.3, 0.4) is 0 Å². The molecule has 5 heteroatoms. The van der Waals surface area contributed by atoms with Crippen LogP contribution in [0.25, 0.3) is 0 Å². The van der Waals surface area contributed by atoms with Gasteiger partial charge in [0, 0.05) is 0 Å². The fraction of sp³-hybridized carbons (Fsp3) is 0.889. The number of carbonyl (C=O) groups is 2. The molecule has 0 amide bonds. The van der Waals surface area contributed by atoms with Gasteiger partial charge in [0.2, 0.25) is 6.79 Å². The topological polar surface area (TPSA) is 78.6 Å². The van der Waals surface area contributed by atoms with E-state index in [-0.39, 0.29) is 30.6 Å². The van der Waals surface area contributed by atoms with Crippen LogP contribution in [0.4, 0.5) is 0 Å². The Morgan fingerprint density at radius 3 is 1.65 bits per heavy atom. The SMILES string of the molecule is CCC1CCC(C(=O)OCOC(=O)C2CCC(CN)CC2)CC1. The maximum atomic E-state index is 12.0. The lowest BCUT2D eigenvalue weighted by Gasteiger charge is -2.27. The molecule has 0 aromatic rings. The van der Waals surface area contributed by atoms with Gasteiger partial charge in [-0.2, -0.15) is 0 Å². The second-order valence-corrected chi connectivity index (χ2v) is 7.12. The van der Waals surface area contributed by atoms with E-state index in [0.717, 1.165) is 57.3 Å². The van der Waals surface area contributed by atoms with Gasteiger partial charge in [0.25, 0.3) is 0 Å². The average molecular weight is 325 g/mol. The van der Waals surface area contributed by atoms with E-state index in [2.05, 4.69) is 6.92 Å². The molecular weight excluding hydrogens is 294 g/mol. The molecule has 5 nitrogen and oxygen atoms in total. The lowest BCUT2D eigenvalue weighted by atomic mass is 9.81. The summed E-state index contributed by atoms with van der Waals surface area (Å²) in [4.78, 5) is 24.0. The third-order valence-corrected chi connectivity index (χ3v) is 5.67. The molecule has 2 aliphatic carbocycles. The van der Waals surface area contributed by atoms with Gasteiger partial charge in [-0.05, 0) is 69.7 Å². The highest BCUT2D eigenvalue weighted by Crippen LogP contribution is 2.31. The molecule has 0 aromatic heterocycles. The third kappa shape index (κ3) is 5.48. The van der Waals surface area contributed by atoms with Gasteiger partial charge in [0.15, 0.2) is 0 Å². The first-order valence-corrected chi connectivity index (χ1v) is 9.17. The zero-order valence-electron chi connectivity index (χ0n) is 14.3. The Bertz CT molecular complexity index is 346. The smallest absolute Gasteiger partial charge is 0.311 e. The molecule has 0 bridgehead atoms. The van der Waals surface area contributed by atoms with E-state index < -0.39 is 0 Å². The van der Waals surface area contributed by atoms with E-state index in [0.29, 0.717) is 12.5 Å². The lowest BCUT2D eigenvalue weighted by molar-refractivity contribution is -0.174. The first-order chi connectivity index (χ1) is 11.1. The monoisotopic (exact) mass is 325 g/mol. The fourth-order valence-electron chi connectivity index (χ4n) is 3.82. The molecule has 0 heterocycles. The minimum atomic E-state index is -0.234. The maximum absolute atomic E-state index is 12.0. The quantitative estimate of drug-likeness (QED) is 0.600. The zero-order valence-corrected chi connectivity index (χ0v) is 14.3. The summed E-state index contributed by atoms with van der Waals surface area (Å²) in [6.07, 6.45) is 8.80. The Kier molecular flexibility index (Phi) is 7.34. The molecule has 2 fully saturated rings. The van der Waals surface area contributed by atoms with Crippen molar-refractivity contribution in [1.82, 2.24) is 0 Å². The van der Waals surface area contributed by atoms with Gasteiger partial charge in [-0.15, -0.1) is 0 Å². The summed E-state index contributed by atoms with van der Waals surface area (Å²) in [5.41, 5.74) is 5.65. The molecule has 0 aromatic carbocycles. The number of rotatable bonds is 6. The Morgan fingerprint density at radius 1 is 0.826 bits per heavy atom. The molecule has 2 aliphatic rings. The second kappa shape index (κ2) is 9.26. The van der Waals surface area contributed by atoms with Crippen LogP contribution in [0, 0.1) is 23.7 Å². The van der Waals surface area contributed by atoms with Crippen molar-refractivity contribution in [2.45, 2.75) is 64.7 Å². The standard InChI is InChI=1S/C18H31NO4/c1-2-13-3-7-15(8-4-13)17(20)22-12-23-18(21)16-9-5-14(11-19)6-10-16/h13-16H,2-12,19H2,1H3. The van der Waals surface area contributed by atoms with Crippen molar-refractivity contribution >= 4 is 11.9 Å². The molecule has 0 aliphatic heterocycles. The first kappa shape index (κ1) is 18.2. The number of carbonyl (C=O) groups excluding carboxylic acids is 2. The molecule has 0 atom stereocenters. The second-order valence-electron chi connectivity index (χ2n) is 7.12. The number of hydrogen-bond acceptors (Lipinski definition) is 5. The van der Waals surface area contributed by atoms with Crippen molar-refractivity contribution in [2.75, 3.05) is 13.3 Å². The molecule has 23 heavy (non-hydrogen) atoms. The van der Waals surface area contributed by atoms with E-state index in [1.54, 1.807) is 0 Å². The molecule has 0 spiro atoms. The summed E-state index contributed by atoms with van der Waals surface area (Å²) in [5.74, 6) is 0.769. The van der Waals surface area contributed by atoms with Crippen LogP contribution < -0.4 is 5.73 Å². The highest BCUT2D eigenvalue weighted by molar-refractivity contribution is 5.74. The predicted octanol–water partition coefficient (Wildman–Crippen LogP) is 3.01. The van der Waals surface area contributed by atoms with Crippen LogP contribution in [0.2, 0.25) is 0 Å². The van der Waals surface area contributed by atoms with E-state index in [9.17, 15) is 9.59 Å². The zero-order chi connectivity index (χ0) is 16.7. The normalized spacial score (nSPS) is 31.4. The van der Waals surface area contributed by atoms with E-state index in [1.165, 1.54) is 6.42 Å². The number of esters is 2. The van der Waals surface area contributed by atoms with Crippen LogP contribution in [0.5, 0.6) is 0 Å². The summed E-state index contributed by atoms with van der Waals surface area (Å²) in [7, 11) is 0. The molecule has 2 saturated carbocycles. The summed E-state index contributed by atoms with van der Waals surface area (Å²) in [6, 6.07) is 0. The Labute approximate surface area is 139 Å². The van der Waals surface area contributed by atoms with Crippen LogP contribution in [0.15, 0.2) is 0 Å². The summed E-state index contributed by atoms with van der Waals surface area (Å²) in [5, 5.41) is 0. The molecular formula is C18H31NO4. The van der Waals surface area contributed by atoms with Crippen LogP contribution >= 0.6 is 0 Å². The van der Waals surface area contributed by atoms with Gasteiger partial charge < -0.3 is 15.2 Å². The van der Waals surface area contributed by atoms with Crippen molar-refractivity contribution in [3.63, 3.8) is 0 Å². The Morgan fingerprint density at radius 2 is 1.26 bits per heavy atom. The number of nitrogens with two attached hydrogens (primary N) is 1. The van der Waals surface area contributed by atoms with Crippen LogP contribution in [-0.2, 0) is 19.1 Å². The van der Waals surface area contributed by atoms with E-state index in [1.807, 2.05) is 0 Å². The maximum Gasteiger partial charge on any atom is 0.311 e. The Balaban J connectivity index is 1.61. The average Bonchev–Trinajstić information content (AvgIpc) is 2.61. The van der Waals surface area contributed by atoms with Gasteiger partial charge in [-0.1, -0.05) is 13.3 Å². The minimum absolute atomic E-state index is 0.0171. The summed E-state index contributed by atoms with van der Waals surface area (Å²) < 4.78 is 10.3. The third-order valence-electron chi connectivity index (χ3n) is 5.67. The predicted molar refractivity (Wildman–Crippen MR) is 87.3 cm³/mol. The van der Waals surface area contributed by atoms with Gasteiger partial charge >= 0.3 is 11.9 Å². The number of hydrogen-bond donors (Lipinski definition) is 1. The number of ether oxygens (including phenoxy) is 2. The fourth-order valence-corrected chi connectivity index (χ4v) is 3.82. The van der Waals surface area contributed by atoms with Gasteiger partial charge in [0.1, 0.15) is 0 Å². The molecule has 0 saturated heterocycles. The molecule has 2 rings (SSSR count). The molecule has 2 N–H and O–H groups in total. The van der Waals surface area contributed by atoms with Crippen molar-refractivity contribution in [3.8, 4) is 0 Å². The van der Waals surface area contributed by atoms with Crippen molar-refractivity contribution < 1.29 is 19.1 Å². The van der Waals surface area contributed by atoms with Crippen molar-refractivity contribution in [1.29, 1.82) is 0 Å². The highest BCUT2D eigenvalue weighted by Gasteiger charge is 2.29. The van der Waals surface area contributed by atoms with Crippen molar-refractivity contribution in [2.24, 2.45) is 29.4 Å². The highest BCUT2D eigenvalue weighted by atomic mass is 16.7. The summed E-state index contributed by atoms with van der Waals surface area (Å²) in [6.45, 7) is 2.66. The largest absolute Gasteiger partial charge is 0.428 e. The lowest BCUT2D eigenvalue weighted by Crippen LogP contribution is -2.29. The van der Waals surface area contributed by atoms with E-state index in [4.69, 9.17) is 15.2 Å². The molecule has 0 unspecified atom stereocenters. The van der Waals surface area contributed by atoms with Crippen LogP contribution in [0.1, 0.15) is 64.7 Å². The van der Waals surface area contributed by atoms with Gasteiger partial charge in [-0.25, -0.2) is 0 Å². The van der Waals surface area contributed by atoms with E-state index >= 15 is 0 Å². The van der Waals surface area contributed by atoms with Gasteiger partial charge in [0.05, 0.1) is 11.8 Å². The van der Waals surface area contributed by atoms with Crippen LogP contribution in [-0.4, -0.2) is 25.3 Å². The Hall–Kier alpha value is -1.10. The molecule has 0 radical (unpaired) electrons. The summed E-state index contributed by atoms with van der Waals surface area (Å²) >= 11 is 0. The van der Waals surface area contributed by atoms with Gasteiger partial charge in [-0.3, -0.25) is 9.59 Å². The molecule has 132 valence electrons. The first-order valence-electron chi connectivity index (χ1n) is 9.17.